The number of rotatable bonds is 4. The van der Waals surface area contributed by atoms with Crippen molar-refractivity contribution in [3.63, 3.8) is 0 Å². The molecule has 1 fully saturated rings. The first-order chi connectivity index (χ1) is 8.20. The second-order valence-electron chi connectivity index (χ2n) is 4.28. The summed E-state index contributed by atoms with van der Waals surface area (Å²) in [6.45, 7) is 0. The maximum atomic E-state index is 11.3. The molecule has 1 aromatic heterocycles. The van der Waals surface area contributed by atoms with Crippen LogP contribution in [0.4, 0.5) is 5.82 Å². The highest BCUT2D eigenvalue weighted by Crippen LogP contribution is 2.30. The Bertz CT molecular complexity index is 410. The summed E-state index contributed by atoms with van der Waals surface area (Å²) >= 11 is 1.91. The minimum atomic E-state index is -0.431. The molecule has 2 unspecified atom stereocenters. The zero-order valence-corrected chi connectivity index (χ0v) is 10.7. The molecule has 1 aliphatic rings. The number of primary amides is 1. The van der Waals surface area contributed by atoms with Crippen LogP contribution in [0.2, 0.25) is 0 Å². The van der Waals surface area contributed by atoms with Crippen LogP contribution >= 0.6 is 11.8 Å². The van der Waals surface area contributed by atoms with Gasteiger partial charge in [0.05, 0.1) is 5.56 Å². The Kier molecular flexibility index (Phi) is 3.89. The van der Waals surface area contributed by atoms with Crippen molar-refractivity contribution in [2.75, 3.05) is 11.6 Å². The number of thioether (sulfide) groups is 1. The highest BCUT2D eigenvalue weighted by atomic mass is 32.2. The second kappa shape index (κ2) is 5.40. The van der Waals surface area contributed by atoms with Crippen molar-refractivity contribution < 1.29 is 4.79 Å². The van der Waals surface area contributed by atoms with Gasteiger partial charge in [-0.1, -0.05) is 0 Å². The van der Waals surface area contributed by atoms with Gasteiger partial charge in [0.2, 0.25) is 0 Å². The van der Waals surface area contributed by atoms with Gasteiger partial charge in [0.15, 0.2) is 0 Å². The van der Waals surface area contributed by atoms with Gasteiger partial charge in [-0.15, -0.1) is 0 Å². The van der Waals surface area contributed by atoms with Crippen LogP contribution < -0.4 is 11.1 Å². The van der Waals surface area contributed by atoms with E-state index in [2.05, 4.69) is 16.6 Å². The van der Waals surface area contributed by atoms with Crippen molar-refractivity contribution in [2.45, 2.75) is 30.6 Å². The fourth-order valence-electron chi connectivity index (χ4n) is 2.20. The molecule has 17 heavy (non-hydrogen) atoms. The van der Waals surface area contributed by atoms with Crippen LogP contribution in [-0.4, -0.2) is 28.4 Å². The molecule has 1 heterocycles. The summed E-state index contributed by atoms with van der Waals surface area (Å²) in [4.78, 5) is 15.4. The second-order valence-corrected chi connectivity index (χ2v) is 5.41. The van der Waals surface area contributed by atoms with Crippen LogP contribution in [0.3, 0.4) is 0 Å². The molecule has 0 aliphatic heterocycles. The third kappa shape index (κ3) is 2.91. The Labute approximate surface area is 105 Å². The van der Waals surface area contributed by atoms with Gasteiger partial charge in [0.25, 0.3) is 5.91 Å². The number of anilines is 1. The van der Waals surface area contributed by atoms with E-state index >= 15 is 0 Å². The van der Waals surface area contributed by atoms with E-state index in [-0.39, 0.29) is 0 Å². The first kappa shape index (κ1) is 12.2. The van der Waals surface area contributed by atoms with Crippen LogP contribution in [0.15, 0.2) is 18.3 Å². The fraction of sp³-hybridized carbons (Fsp3) is 0.500. The number of amides is 1. The smallest absolute Gasteiger partial charge is 0.252 e. The van der Waals surface area contributed by atoms with Crippen molar-refractivity contribution in [2.24, 2.45) is 5.73 Å². The molecule has 1 aliphatic carbocycles. The lowest BCUT2D eigenvalue weighted by Gasteiger charge is -2.15. The van der Waals surface area contributed by atoms with Crippen molar-refractivity contribution in [1.82, 2.24) is 4.98 Å². The summed E-state index contributed by atoms with van der Waals surface area (Å²) in [6.07, 6.45) is 7.28. The van der Waals surface area contributed by atoms with Gasteiger partial charge >= 0.3 is 0 Å². The zero-order chi connectivity index (χ0) is 12.3. The van der Waals surface area contributed by atoms with Crippen LogP contribution in [0, 0.1) is 0 Å². The van der Waals surface area contributed by atoms with E-state index in [4.69, 9.17) is 5.73 Å². The molecular weight excluding hydrogens is 234 g/mol. The van der Waals surface area contributed by atoms with Gasteiger partial charge in [0, 0.05) is 17.5 Å². The first-order valence-corrected chi connectivity index (χ1v) is 7.03. The zero-order valence-electron chi connectivity index (χ0n) is 9.85. The summed E-state index contributed by atoms with van der Waals surface area (Å²) in [7, 11) is 0. The Hall–Kier alpha value is -1.23. The summed E-state index contributed by atoms with van der Waals surface area (Å²) in [5.41, 5.74) is 5.79. The minimum Gasteiger partial charge on any atom is -0.367 e. The number of nitrogens with two attached hydrogens (primary N) is 1. The number of hydrogen-bond acceptors (Lipinski definition) is 4. The maximum Gasteiger partial charge on any atom is 0.252 e. The molecule has 2 atom stereocenters. The quantitative estimate of drug-likeness (QED) is 0.857. The molecule has 92 valence electrons. The Morgan fingerprint density at radius 3 is 3.06 bits per heavy atom. The first-order valence-electron chi connectivity index (χ1n) is 5.75. The van der Waals surface area contributed by atoms with Crippen molar-refractivity contribution in [3.8, 4) is 0 Å². The van der Waals surface area contributed by atoms with Crippen molar-refractivity contribution >= 4 is 23.5 Å². The predicted octanol–water partition coefficient (Wildman–Crippen LogP) is 1.88. The Balaban J connectivity index is 2.06. The van der Waals surface area contributed by atoms with Gasteiger partial charge in [-0.05, 0) is 37.7 Å². The lowest BCUT2D eigenvalue weighted by atomic mass is 10.2. The Morgan fingerprint density at radius 2 is 2.41 bits per heavy atom. The third-order valence-electron chi connectivity index (χ3n) is 3.13. The fourth-order valence-corrected chi connectivity index (χ4v) is 2.99. The molecule has 1 amide bonds. The Morgan fingerprint density at radius 1 is 1.59 bits per heavy atom. The monoisotopic (exact) mass is 251 g/mol. The molecule has 0 aromatic carbocycles. The summed E-state index contributed by atoms with van der Waals surface area (Å²) < 4.78 is 0. The van der Waals surface area contributed by atoms with E-state index in [0.717, 1.165) is 12.8 Å². The molecule has 0 radical (unpaired) electrons. The summed E-state index contributed by atoms with van der Waals surface area (Å²) in [6, 6.07) is 3.84. The molecule has 1 aromatic rings. The number of hydrogen-bond donors (Lipinski definition) is 2. The number of aromatic nitrogens is 1. The van der Waals surface area contributed by atoms with E-state index in [0.29, 0.717) is 22.7 Å². The SMILES string of the molecule is CSC1CCC(Nc2ncccc2C(N)=O)C1. The molecule has 5 heteroatoms. The van der Waals surface area contributed by atoms with Gasteiger partial charge in [0.1, 0.15) is 5.82 Å². The molecule has 4 nitrogen and oxygen atoms in total. The van der Waals surface area contributed by atoms with Crippen molar-refractivity contribution in [3.05, 3.63) is 23.9 Å². The van der Waals surface area contributed by atoms with Crippen LogP contribution in [0.25, 0.3) is 0 Å². The molecular formula is C12H17N3OS. The van der Waals surface area contributed by atoms with Crippen molar-refractivity contribution in [1.29, 1.82) is 0 Å². The molecule has 3 N–H and O–H groups in total. The van der Waals surface area contributed by atoms with E-state index in [9.17, 15) is 4.79 Å². The largest absolute Gasteiger partial charge is 0.367 e. The van der Waals surface area contributed by atoms with Crippen LogP contribution in [-0.2, 0) is 0 Å². The predicted molar refractivity (Wildman–Crippen MR) is 71.3 cm³/mol. The van der Waals surface area contributed by atoms with Gasteiger partial charge in [-0.2, -0.15) is 11.8 Å². The average Bonchev–Trinajstić information content (AvgIpc) is 2.77. The summed E-state index contributed by atoms with van der Waals surface area (Å²) in [5.74, 6) is 0.187. The van der Waals surface area contributed by atoms with Gasteiger partial charge in [-0.25, -0.2) is 4.98 Å². The topological polar surface area (TPSA) is 68.0 Å². The van der Waals surface area contributed by atoms with E-state index in [1.165, 1.54) is 6.42 Å². The molecule has 0 spiro atoms. The number of carbonyl (C=O) groups is 1. The standard InChI is InChI=1S/C12H17N3OS/c1-17-9-5-4-8(7-9)15-12-10(11(13)16)3-2-6-14-12/h2-3,6,8-9H,4-5,7H2,1H3,(H2,13,16)(H,14,15). The number of pyridine rings is 1. The third-order valence-corrected chi connectivity index (χ3v) is 4.23. The average molecular weight is 251 g/mol. The molecule has 0 saturated heterocycles. The maximum absolute atomic E-state index is 11.3. The molecule has 0 bridgehead atoms. The van der Waals surface area contributed by atoms with E-state index in [1.807, 2.05) is 11.8 Å². The van der Waals surface area contributed by atoms with Crippen LogP contribution in [0.1, 0.15) is 29.6 Å². The lowest BCUT2D eigenvalue weighted by molar-refractivity contribution is 0.100. The number of nitrogens with one attached hydrogen (secondary N) is 1. The number of carbonyl (C=O) groups excluding carboxylic acids is 1. The lowest BCUT2D eigenvalue weighted by Crippen LogP contribution is -2.21. The van der Waals surface area contributed by atoms with E-state index in [1.54, 1.807) is 18.3 Å². The highest BCUT2D eigenvalue weighted by molar-refractivity contribution is 7.99. The summed E-state index contributed by atoms with van der Waals surface area (Å²) in [5, 5.41) is 4.05. The van der Waals surface area contributed by atoms with Gasteiger partial charge in [-0.3, -0.25) is 4.79 Å². The van der Waals surface area contributed by atoms with Gasteiger partial charge < -0.3 is 11.1 Å². The normalized spacial score (nSPS) is 23.6. The van der Waals surface area contributed by atoms with Crippen LogP contribution in [0.5, 0.6) is 0 Å². The molecule has 2 rings (SSSR count). The number of nitrogens with zero attached hydrogens (tertiary/aromatic N) is 1. The molecule has 1 saturated carbocycles. The highest BCUT2D eigenvalue weighted by Gasteiger charge is 2.24. The minimum absolute atomic E-state index is 0.403. The van der Waals surface area contributed by atoms with E-state index < -0.39 is 5.91 Å².